The van der Waals surface area contributed by atoms with Gasteiger partial charge in [-0.1, -0.05) is 4.78 Å². The molecule has 0 saturated heterocycles. The van der Waals surface area contributed by atoms with Gasteiger partial charge in [0.15, 0.2) is 0 Å². The molecule has 0 aromatic heterocycles. The molecule has 1 radical (unpaired) electrons. The monoisotopic (exact) mass is 199 g/mol. The molecule has 6 heteroatoms. The lowest BCUT2D eigenvalue weighted by Crippen LogP contribution is -2.42. The van der Waals surface area contributed by atoms with Gasteiger partial charge in [0.05, 0.1) is 18.6 Å². The molecular formula is C7H15BN3OP+. The SMILES string of the molecule is CN(NC(=O)[B]N)[P+](C)(C)C1=CC1. The van der Waals surface area contributed by atoms with Crippen LogP contribution in [0.2, 0.25) is 0 Å². The van der Waals surface area contributed by atoms with Gasteiger partial charge in [-0.15, -0.1) is 0 Å². The zero-order valence-electron chi connectivity index (χ0n) is 8.24. The summed E-state index contributed by atoms with van der Waals surface area (Å²) < 4.78 is 1.89. The van der Waals surface area contributed by atoms with Gasteiger partial charge in [0, 0.05) is 13.5 Å². The van der Waals surface area contributed by atoms with Gasteiger partial charge in [0.2, 0.25) is 5.81 Å². The Morgan fingerprint density at radius 1 is 1.77 bits per heavy atom. The van der Waals surface area contributed by atoms with Crippen LogP contribution in [0.5, 0.6) is 0 Å². The summed E-state index contributed by atoms with van der Waals surface area (Å²) in [7, 11) is 1.65. The van der Waals surface area contributed by atoms with Gasteiger partial charge in [-0.05, 0) is 6.08 Å². The van der Waals surface area contributed by atoms with E-state index in [1.165, 1.54) is 5.31 Å². The van der Waals surface area contributed by atoms with Crippen LogP contribution in [0.4, 0.5) is 4.79 Å². The van der Waals surface area contributed by atoms with Crippen LogP contribution in [0.3, 0.4) is 0 Å². The number of rotatable bonds is 4. The summed E-state index contributed by atoms with van der Waals surface area (Å²) >= 11 is 0. The van der Waals surface area contributed by atoms with Crippen molar-refractivity contribution in [3.63, 3.8) is 0 Å². The van der Waals surface area contributed by atoms with E-state index in [9.17, 15) is 4.79 Å². The molecule has 71 valence electrons. The van der Waals surface area contributed by atoms with E-state index in [0.717, 1.165) is 13.8 Å². The number of amides is 1. The summed E-state index contributed by atoms with van der Waals surface area (Å²) in [6, 6.07) is 0. The molecule has 0 atom stereocenters. The molecule has 0 unspecified atom stereocenters. The summed E-state index contributed by atoms with van der Waals surface area (Å²) in [5, 5.41) is 1.45. The number of carbonyl (C=O) groups is 1. The van der Waals surface area contributed by atoms with Crippen molar-refractivity contribution < 1.29 is 4.79 Å². The molecule has 4 nitrogen and oxygen atoms in total. The van der Waals surface area contributed by atoms with E-state index in [4.69, 9.17) is 5.64 Å². The van der Waals surface area contributed by atoms with Gasteiger partial charge in [0.1, 0.15) is 7.41 Å². The number of hydrogen-bond acceptors (Lipinski definition) is 3. The Morgan fingerprint density at radius 2 is 2.31 bits per heavy atom. The number of nitrogens with zero attached hydrogens (tertiary/aromatic N) is 1. The van der Waals surface area contributed by atoms with E-state index < -0.39 is 7.41 Å². The second kappa shape index (κ2) is 3.78. The number of carbonyl (C=O) groups excluding carboxylic acids is 1. The summed E-state index contributed by atoms with van der Waals surface area (Å²) in [6.45, 7) is 4.34. The van der Waals surface area contributed by atoms with E-state index >= 15 is 0 Å². The van der Waals surface area contributed by atoms with Crippen LogP contribution in [-0.2, 0) is 0 Å². The Balaban J connectivity index is 2.50. The molecule has 0 aromatic rings. The highest BCUT2D eigenvalue weighted by atomic mass is 31.2. The zero-order valence-corrected chi connectivity index (χ0v) is 9.14. The highest BCUT2D eigenvalue weighted by molar-refractivity contribution is 7.76. The first-order chi connectivity index (χ1) is 5.98. The van der Waals surface area contributed by atoms with Gasteiger partial charge in [-0.25, -0.2) is 0 Å². The normalized spacial score (nSPS) is 15.3. The minimum absolute atomic E-state index is 0.253. The standard InChI is InChI=1S/C7H14BN3OP/c1-11(10-7(12)8-9)13(2,3)6-4-5-6/h4H,5,9H2,1-3H3/p+1. The third-order valence-corrected chi connectivity index (χ3v) is 5.63. The predicted molar refractivity (Wildman–Crippen MR) is 57.7 cm³/mol. The van der Waals surface area contributed by atoms with Crippen LogP contribution in [0, 0.1) is 0 Å². The maximum absolute atomic E-state index is 11.0. The number of nitrogens with two attached hydrogens (primary N) is 1. The largest absolute Gasteiger partial charge is 0.366 e. The Bertz CT molecular complexity index is 254. The van der Waals surface area contributed by atoms with Crippen LogP contribution in [0.15, 0.2) is 11.4 Å². The van der Waals surface area contributed by atoms with E-state index in [1.807, 2.05) is 11.8 Å². The van der Waals surface area contributed by atoms with Crippen molar-refractivity contribution >= 4 is 20.6 Å². The molecule has 3 N–H and O–H groups in total. The number of nitrogens with one attached hydrogen (secondary N) is 1. The van der Waals surface area contributed by atoms with Crippen molar-refractivity contribution in [1.29, 1.82) is 0 Å². The van der Waals surface area contributed by atoms with Crippen molar-refractivity contribution in [2.24, 2.45) is 5.64 Å². The van der Waals surface area contributed by atoms with Crippen LogP contribution in [-0.4, -0.2) is 38.4 Å². The van der Waals surface area contributed by atoms with E-state index in [0.29, 0.717) is 0 Å². The molecule has 0 aromatic carbocycles. The number of allylic oxidation sites excluding steroid dienone is 2. The predicted octanol–water partition coefficient (Wildman–Crippen LogP) is 0.601. The molecular weight excluding hydrogens is 184 g/mol. The minimum Gasteiger partial charge on any atom is -0.366 e. The third-order valence-electron chi connectivity index (χ3n) is 2.26. The van der Waals surface area contributed by atoms with Crippen molar-refractivity contribution in [2.45, 2.75) is 6.42 Å². The lowest BCUT2D eigenvalue weighted by atomic mass is 9.97. The van der Waals surface area contributed by atoms with Crippen molar-refractivity contribution in [3.05, 3.63) is 11.4 Å². The minimum atomic E-state index is -1.27. The second-order valence-electron chi connectivity index (χ2n) is 3.46. The molecule has 0 heterocycles. The fourth-order valence-corrected chi connectivity index (χ4v) is 2.73. The van der Waals surface area contributed by atoms with E-state index in [-0.39, 0.29) is 5.81 Å². The van der Waals surface area contributed by atoms with E-state index in [2.05, 4.69) is 24.8 Å². The lowest BCUT2D eigenvalue weighted by Gasteiger charge is -2.25. The van der Waals surface area contributed by atoms with E-state index in [1.54, 1.807) is 0 Å². The average Bonchev–Trinajstić information content (AvgIpc) is 2.86. The van der Waals surface area contributed by atoms with Crippen molar-refractivity contribution in [3.8, 4) is 0 Å². The second-order valence-corrected chi connectivity index (χ2v) is 7.42. The van der Waals surface area contributed by atoms with Gasteiger partial charge in [-0.3, -0.25) is 10.2 Å². The summed E-state index contributed by atoms with van der Waals surface area (Å²) in [4.78, 5) is 11.0. The highest BCUT2D eigenvalue weighted by Crippen LogP contribution is 2.66. The fourth-order valence-electron chi connectivity index (χ4n) is 1.01. The smallest absolute Gasteiger partial charge is 0.325 e. The molecule has 0 spiro atoms. The van der Waals surface area contributed by atoms with Crippen LogP contribution < -0.4 is 11.1 Å². The van der Waals surface area contributed by atoms with Crippen LogP contribution >= 0.6 is 7.41 Å². The Hall–Kier alpha value is -0.375. The molecule has 1 rings (SSSR count). The Morgan fingerprint density at radius 3 is 2.69 bits per heavy atom. The van der Waals surface area contributed by atoms with Crippen LogP contribution in [0.25, 0.3) is 0 Å². The molecule has 0 bridgehead atoms. The number of hydrogen-bond donors (Lipinski definition) is 2. The third kappa shape index (κ3) is 2.53. The van der Waals surface area contributed by atoms with Gasteiger partial charge in [-0.2, -0.15) is 0 Å². The average molecular weight is 199 g/mol. The Labute approximate surface area is 80.2 Å². The fraction of sp³-hybridized carbons (Fsp3) is 0.571. The Kier molecular flexibility index (Phi) is 3.12. The van der Waals surface area contributed by atoms with Gasteiger partial charge in [0.25, 0.3) is 0 Å². The first-order valence-corrected chi connectivity index (χ1v) is 6.75. The van der Waals surface area contributed by atoms with Gasteiger partial charge < -0.3 is 5.64 Å². The summed E-state index contributed by atoms with van der Waals surface area (Å²) in [5.41, 5.74) is 7.80. The molecule has 1 aliphatic carbocycles. The molecule has 0 aliphatic heterocycles. The molecule has 0 fully saturated rings. The topological polar surface area (TPSA) is 58.4 Å². The van der Waals surface area contributed by atoms with Crippen molar-refractivity contribution in [1.82, 2.24) is 10.2 Å². The zero-order chi connectivity index (χ0) is 10.1. The maximum atomic E-state index is 11.0. The molecule has 0 saturated carbocycles. The summed E-state index contributed by atoms with van der Waals surface area (Å²) in [6.07, 6.45) is 3.29. The lowest BCUT2D eigenvalue weighted by molar-refractivity contribution is 0.246. The first-order valence-electron chi connectivity index (χ1n) is 4.12. The van der Waals surface area contributed by atoms with Gasteiger partial charge >= 0.3 is 7.41 Å². The summed E-state index contributed by atoms with van der Waals surface area (Å²) in [5.74, 6) is -0.253. The quantitative estimate of drug-likeness (QED) is 0.396. The molecule has 1 aliphatic rings. The van der Waals surface area contributed by atoms with Crippen LogP contribution in [0.1, 0.15) is 6.42 Å². The first kappa shape index (κ1) is 10.7. The maximum Gasteiger partial charge on any atom is 0.325 e. The molecule has 1 amide bonds. The molecule has 13 heavy (non-hydrogen) atoms. The number of hydrazine groups is 1. The highest BCUT2D eigenvalue weighted by Gasteiger charge is 2.41. The van der Waals surface area contributed by atoms with Crippen molar-refractivity contribution in [2.75, 3.05) is 20.4 Å².